The van der Waals surface area contributed by atoms with E-state index in [-0.39, 0.29) is 29.0 Å². The van der Waals surface area contributed by atoms with Crippen LogP contribution in [-0.2, 0) is 27.3 Å². The summed E-state index contributed by atoms with van der Waals surface area (Å²) in [6, 6.07) is 15.9. The van der Waals surface area contributed by atoms with Gasteiger partial charge in [-0.25, -0.2) is 4.79 Å². The second-order valence-corrected chi connectivity index (χ2v) is 16.1. The topological polar surface area (TPSA) is 60.0 Å². The first-order valence-corrected chi connectivity index (χ1v) is 19.3. The third-order valence-corrected chi connectivity index (χ3v) is 12.5. The lowest BCUT2D eigenvalue weighted by Gasteiger charge is -2.45. The van der Waals surface area contributed by atoms with Crippen LogP contribution in [0.3, 0.4) is 0 Å². The molecule has 3 saturated heterocycles. The Morgan fingerprint density at radius 1 is 1.04 bits per heavy atom. The van der Waals surface area contributed by atoms with Crippen molar-refractivity contribution in [3.63, 3.8) is 0 Å². The second kappa shape index (κ2) is 15.4. The zero-order valence-electron chi connectivity index (χ0n) is 28.6. The van der Waals surface area contributed by atoms with Crippen LogP contribution in [0, 0.1) is 10.8 Å². The monoisotopic (exact) mass is 712 g/mol. The molecule has 3 aliphatic rings. The molecule has 0 bridgehead atoms. The van der Waals surface area contributed by atoms with Crippen LogP contribution in [0.2, 0.25) is 10.0 Å². The zero-order chi connectivity index (χ0) is 33.8. The number of nitrogens with zero attached hydrogens (tertiary/aromatic N) is 1. The number of carbonyl (C=O) groups excluding carboxylic acids is 1. The number of methoxy groups -OCH3 is 1. The summed E-state index contributed by atoms with van der Waals surface area (Å²) in [6.45, 7) is 9.41. The number of rotatable bonds is 13. The minimum Gasteiger partial charge on any atom is -0.497 e. The molecule has 0 amide bonds. The molecule has 3 aliphatic heterocycles. The van der Waals surface area contributed by atoms with E-state index in [9.17, 15) is 4.79 Å². The molecule has 6 rings (SSSR count). The molecule has 3 atom stereocenters. The number of likely N-dealkylation sites (tertiary alicyclic amines) is 1. The van der Waals surface area contributed by atoms with Crippen LogP contribution in [0.25, 0.3) is 0 Å². The Kier molecular flexibility index (Phi) is 11.5. The number of hydrogen-bond donors (Lipinski definition) is 1. The van der Waals surface area contributed by atoms with Gasteiger partial charge in [0, 0.05) is 59.5 Å². The standard InChI is InChI=1S/C39H50Cl2N2O4S/c1-4-13-37(14-5-2)25-39(47-35(37)36(44)46-23-28-6-10-32(45-3)11-7-28)15-17-43(18-16-39)27-38(21-29-8-9-31(40)20-34(29)41)26-42-22-33(38)30-12-19-48-24-30/h6-12,19-20,24,33,35,42H,4-5,13-18,21-23,25-27H2,1-3H3/t33-,35?,38+/m1/s1. The highest BCUT2D eigenvalue weighted by atomic mass is 35.5. The summed E-state index contributed by atoms with van der Waals surface area (Å²) in [5, 5.41) is 9.65. The number of benzene rings is 2. The molecule has 0 radical (unpaired) electrons. The Balaban J connectivity index is 1.18. The van der Waals surface area contributed by atoms with Gasteiger partial charge in [0.1, 0.15) is 12.4 Å². The highest BCUT2D eigenvalue weighted by molar-refractivity contribution is 7.08. The molecule has 1 aromatic heterocycles. The van der Waals surface area contributed by atoms with Crippen molar-refractivity contribution in [2.24, 2.45) is 10.8 Å². The third kappa shape index (κ3) is 7.62. The van der Waals surface area contributed by atoms with Gasteiger partial charge in [0.05, 0.1) is 12.7 Å². The SMILES string of the molecule is CCCC1(CCC)CC2(CCN(C[C@]3(Cc4ccc(Cl)cc4Cl)CNC[C@@H]3c3ccsc3)CC2)OC1C(=O)OCc1ccc(OC)cc1. The lowest BCUT2D eigenvalue weighted by molar-refractivity contribution is -0.171. The van der Waals surface area contributed by atoms with Gasteiger partial charge in [-0.1, -0.05) is 68.1 Å². The molecule has 2 aromatic carbocycles. The fourth-order valence-electron chi connectivity index (χ4n) is 9.02. The Morgan fingerprint density at radius 3 is 2.44 bits per heavy atom. The molecular weight excluding hydrogens is 663 g/mol. The number of piperidine rings is 1. The largest absolute Gasteiger partial charge is 0.497 e. The lowest BCUT2D eigenvalue weighted by atomic mass is 9.68. The first kappa shape index (κ1) is 35.7. The van der Waals surface area contributed by atoms with E-state index in [1.807, 2.05) is 36.4 Å². The van der Waals surface area contributed by atoms with Gasteiger partial charge >= 0.3 is 5.97 Å². The second-order valence-electron chi connectivity index (χ2n) is 14.5. The first-order chi connectivity index (χ1) is 23.2. The molecule has 3 aromatic rings. The van der Waals surface area contributed by atoms with E-state index in [0.29, 0.717) is 10.9 Å². The number of halogens is 2. The predicted octanol–water partition coefficient (Wildman–Crippen LogP) is 8.93. The molecule has 4 heterocycles. The smallest absolute Gasteiger partial charge is 0.336 e. The van der Waals surface area contributed by atoms with Crippen molar-refractivity contribution < 1.29 is 19.0 Å². The van der Waals surface area contributed by atoms with E-state index >= 15 is 0 Å². The summed E-state index contributed by atoms with van der Waals surface area (Å²) in [6.07, 6.45) is 7.05. The predicted molar refractivity (Wildman–Crippen MR) is 195 cm³/mol. The van der Waals surface area contributed by atoms with Crippen molar-refractivity contribution in [1.29, 1.82) is 0 Å². The van der Waals surface area contributed by atoms with Crippen LogP contribution < -0.4 is 10.1 Å². The van der Waals surface area contributed by atoms with Gasteiger partial charge in [0.25, 0.3) is 0 Å². The highest BCUT2D eigenvalue weighted by Gasteiger charge is 2.59. The molecule has 3 fully saturated rings. The van der Waals surface area contributed by atoms with Crippen LogP contribution >= 0.6 is 34.5 Å². The van der Waals surface area contributed by atoms with E-state index in [2.05, 4.69) is 47.0 Å². The number of nitrogens with one attached hydrogen (secondary N) is 1. The summed E-state index contributed by atoms with van der Waals surface area (Å²) in [5.74, 6) is 0.954. The van der Waals surface area contributed by atoms with Crippen molar-refractivity contribution in [2.45, 2.75) is 89.4 Å². The van der Waals surface area contributed by atoms with Crippen molar-refractivity contribution in [3.05, 3.63) is 86.0 Å². The first-order valence-electron chi connectivity index (χ1n) is 17.6. The van der Waals surface area contributed by atoms with Crippen molar-refractivity contribution in [3.8, 4) is 5.75 Å². The van der Waals surface area contributed by atoms with Crippen molar-refractivity contribution in [1.82, 2.24) is 10.2 Å². The number of esters is 1. The third-order valence-electron chi connectivity index (χ3n) is 11.2. The van der Waals surface area contributed by atoms with Crippen LogP contribution in [-0.4, -0.2) is 62.4 Å². The summed E-state index contributed by atoms with van der Waals surface area (Å²) >= 11 is 14.8. The van der Waals surface area contributed by atoms with Gasteiger partial charge in [0.2, 0.25) is 0 Å². The molecule has 0 saturated carbocycles. The van der Waals surface area contributed by atoms with Crippen LogP contribution in [0.15, 0.2) is 59.3 Å². The van der Waals surface area contributed by atoms with Crippen molar-refractivity contribution in [2.75, 3.05) is 39.8 Å². The Hall–Kier alpha value is -2.13. The number of thiophene rings is 1. The average molecular weight is 714 g/mol. The summed E-state index contributed by atoms with van der Waals surface area (Å²) in [4.78, 5) is 16.5. The molecule has 260 valence electrons. The van der Waals surface area contributed by atoms with E-state index < -0.39 is 6.10 Å². The van der Waals surface area contributed by atoms with E-state index in [4.69, 9.17) is 37.4 Å². The number of hydrogen-bond acceptors (Lipinski definition) is 7. The maximum atomic E-state index is 13.8. The maximum absolute atomic E-state index is 13.8. The minimum atomic E-state index is -0.539. The van der Waals surface area contributed by atoms with Crippen LogP contribution in [0.1, 0.15) is 81.4 Å². The quantitative estimate of drug-likeness (QED) is 0.179. The number of ether oxygens (including phenoxy) is 3. The van der Waals surface area contributed by atoms with Gasteiger partial charge < -0.3 is 24.4 Å². The van der Waals surface area contributed by atoms with Gasteiger partial charge in [-0.3, -0.25) is 0 Å². The summed E-state index contributed by atoms with van der Waals surface area (Å²) in [5.41, 5.74) is 2.98. The summed E-state index contributed by atoms with van der Waals surface area (Å²) < 4.78 is 18.2. The maximum Gasteiger partial charge on any atom is 0.336 e. The fourth-order valence-corrected chi connectivity index (χ4v) is 10.2. The highest BCUT2D eigenvalue weighted by Crippen LogP contribution is 2.55. The van der Waals surface area contributed by atoms with E-state index in [1.54, 1.807) is 18.4 Å². The van der Waals surface area contributed by atoms with E-state index in [0.717, 1.165) is 106 Å². The molecule has 1 spiro atoms. The van der Waals surface area contributed by atoms with Gasteiger partial charge in [-0.15, -0.1) is 0 Å². The van der Waals surface area contributed by atoms with Crippen LogP contribution in [0.5, 0.6) is 5.75 Å². The summed E-state index contributed by atoms with van der Waals surface area (Å²) in [7, 11) is 1.65. The minimum absolute atomic E-state index is 0.0123. The van der Waals surface area contributed by atoms with E-state index in [1.165, 1.54) is 5.56 Å². The Bertz CT molecular complexity index is 1500. The molecule has 9 heteroatoms. The average Bonchev–Trinajstić information content (AvgIpc) is 3.82. The molecule has 0 aliphatic carbocycles. The van der Waals surface area contributed by atoms with Crippen molar-refractivity contribution >= 4 is 40.5 Å². The number of carbonyl (C=O) groups is 1. The van der Waals surface area contributed by atoms with Gasteiger partial charge in [-0.05, 0) is 96.3 Å². The Morgan fingerprint density at radius 2 is 1.79 bits per heavy atom. The molecule has 6 nitrogen and oxygen atoms in total. The van der Waals surface area contributed by atoms with Gasteiger partial charge in [-0.2, -0.15) is 11.3 Å². The Labute approximate surface area is 300 Å². The lowest BCUT2D eigenvalue weighted by Crippen LogP contribution is -2.50. The molecule has 1 N–H and O–H groups in total. The molecule has 48 heavy (non-hydrogen) atoms. The normalized spacial score (nSPS) is 25.0. The molecular formula is C39H50Cl2N2O4S. The van der Waals surface area contributed by atoms with Crippen LogP contribution in [0.4, 0.5) is 0 Å². The van der Waals surface area contributed by atoms with Gasteiger partial charge in [0.15, 0.2) is 6.10 Å². The fraction of sp³-hybridized carbons (Fsp3) is 0.564. The zero-order valence-corrected chi connectivity index (χ0v) is 30.9. The molecule has 1 unspecified atom stereocenters.